The number of carbonyl (C=O) groups is 1. The lowest BCUT2D eigenvalue weighted by molar-refractivity contribution is 0.0935. The fraction of sp³-hybridized carbons (Fsp3) is 0.357. The first kappa shape index (κ1) is 11.7. The summed E-state index contributed by atoms with van der Waals surface area (Å²) >= 11 is 1.56. The van der Waals surface area contributed by atoms with Crippen LogP contribution in [0.4, 0.5) is 0 Å². The van der Waals surface area contributed by atoms with Crippen LogP contribution in [0.15, 0.2) is 30.3 Å². The second-order valence-electron chi connectivity index (χ2n) is 4.67. The lowest BCUT2D eigenvalue weighted by Crippen LogP contribution is -2.45. The highest BCUT2D eigenvalue weighted by atomic mass is 32.1. The Hall–Kier alpha value is -1.39. The summed E-state index contributed by atoms with van der Waals surface area (Å²) in [6, 6.07) is 10.4. The van der Waals surface area contributed by atoms with E-state index in [0.29, 0.717) is 0 Å². The number of thiophene rings is 1. The summed E-state index contributed by atoms with van der Waals surface area (Å²) in [4.78, 5) is 13.0. The highest BCUT2D eigenvalue weighted by Crippen LogP contribution is 2.25. The van der Waals surface area contributed by atoms with Crippen molar-refractivity contribution in [3.8, 4) is 0 Å². The van der Waals surface area contributed by atoms with E-state index in [9.17, 15) is 4.79 Å². The van der Waals surface area contributed by atoms with Crippen molar-refractivity contribution in [1.29, 1.82) is 0 Å². The summed E-state index contributed by atoms with van der Waals surface area (Å²) < 4.78 is 1.17. The molecule has 2 N–H and O–H groups in total. The van der Waals surface area contributed by atoms with E-state index in [1.165, 1.54) is 4.70 Å². The van der Waals surface area contributed by atoms with Crippen LogP contribution in [0, 0.1) is 0 Å². The number of hydrogen-bond donors (Lipinski definition) is 2. The molecular formula is C14H16N2OS. The lowest BCUT2D eigenvalue weighted by atomic mass is 10.1. The molecule has 3 nitrogen and oxygen atoms in total. The summed E-state index contributed by atoms with van der Waals surface area (Å²) in [7, 11) is 0. The van der Waals surface area contributed by atoms with Gasteiger partial charge in [0.1, 0.15) is 0 Å². The molecule has 1 aliphatic heterocycles. The smallest absolute Gasteiger partial charge is 0.261 e. The first-order valence-corrected chi connectivity index (χ1v) is 7.15. The van der Waals surface area contributed by atoms with Gasteiger partial charge < -0.3 is 10.6 Å². The van der Waals surface area contributed by atoms with Crippen molar-refractivity contribution in [2.24, 2.45) is 0 Å². The zero-order valence-corrected chi connectivity index (χ0v) is 10.9. The van der Waals surface area contributed by atoms with Crippen molar-refractivity contribution in [3.63, 3.8) is 0 Å². The van der Waals surface area contributed by atoms with Gasteiger partial charge in [-0.3, -0.25) is 4.79 Å². The molecule has 1 unspecified atom stereocenters. The van der Waals surface area contributed by atoms with Crippen molar-refractivity contribution < 1.29 is 4.79 Å². The van der Waals surface area contributed by atoms with Crippen LogP contribution < -0.4 is 10.6 Å². The Morgan fingerprint density at radius 1 is 1.39 bits per heavy atom. The maximum absolute atomic E-state index is 12.2. The minimum atomic E-state index is 0.0601. The second-order valence-corrected chi connectivity index (χ2v) is 5.75. The number of benzene rings is 1. The molecule has 4 heteroatoms. The van der Waals surface area contributed by atoms with E-state index in [4.69, 9.17) is 0 Å². The van der Waals surface area contributed by atoms with Gasteiger partial charge in [0.2, 0.25) is 0 Å². The summed E-state index contributed by atoms with van der Waals surface area (Å²) in [5.41, 5.74) is 0. The number of hydrogen-bond acceptors (Lipinski definition) is 3. The van der Waals surface area contributed by atoms with Gasteiger partial charge in [-0.1, -0.05) is 18.2 Å². The minimum Gasteiger partial charge on any atom is -0.347 e. The van der Waals surface area contributed by atoms with Gasteiger partial charge in [0.15, 0.2) is 0 Å². The van der Waals surface area contributed by atoms with E-state index in [-0.39, 0.29) is 11.9 Å². The monoisotopic (exact) mass is 260 g/mol. The molecule has 0 spiro atoms. The predicted octanol–water partition coefficient (Wildman–Crippen LogP) is 2.38. The number of piperidine rings is 1. The van der Waals surface area contributed by atoms with Crippen molar-refractivity contribution in [2.75, 3.05) is 13.1 Å². The SMILES string of the molecule is O=C(NC1CCCNC1)c1cc2ccccc2s1. The molecule has 18 heavy (non-hydrogen) atoms. The molecule has 0 bridgehead atoms. The minimum absolute atomic E-state index is 0.0601. The summed E-state index contributed by atoms with van der Waals surface area (Å²) in [6.45, 7) is 1.95. The van der Waals surface area contributed by atoms with E-state index in [1.807, 2.05) is 24.3 Å². The molecule has 1 amide bonds. The summed E-state index contributed by atoms with van der Waals surface area (Å²) in [6.07, 6.45) is 2.21. The predicted molar refractivity (Wildman–Crippen MR) is 75.2 cm³/mol. The number of carbonyl (C=O) groups excluding carboxylic acids is 1. The maximum Gasteiger partial charge on any atom is 0.261 e. The molecule has 1 saturated heterocycles. The van der Waals surface area contributed by atoms with Crippen LogP contribution in [0.5, 0.6) is 0 Å². The molecule has 0 saturated carbocycles. The topological polar surface area (TPSA) is 41.1 Å². The Kier molecular flexibility index (Phi) is 3.30. The third kappa shape index (κ3) is 2.40. The molecule has 1 aliphatic rings. The molecule has 0 aliphatic carbocycles. The largest absolute Gasteiger partial charge is 0.347 e. The van der Waals surface area contributed by atoms with Crippen LogP contribution in [-0.4, -0.2) is 25.0 Å². The Bertz CT molecular complexity index is 525. The quantitative estimate of drug-likeness (QED) is 0.870. The van der Waals surface area contributed by atoms with Crippen LogP contribution >= 0.6 is 11.3 Å². The standard InChI is InChI=1S/C14H16N2OS/c17-14(16-11-5-3-7-15-9-11)13-8-10-4-1-2-6-12(10)18-13/h1-2,4,6,8,11,15H,3,5,7,9H2,(H,16,17). The third-order valence-corrected chi connectivity index (χ3v) is 4.40. The normalized spacial score (nSPS) is 19.9. The Labute approximate surface area is 110 Å². The maximum atomic E-state index is 12.2. The molecule has 1 fully saturated rings. The summed E-state index contributed by atoms with van der Waals surface area (Å²) in [5, 5.41) is 7.56. The van der Waals surface area contributed by atoms with Gasteiger partial charge in [0.05, 0.1) is 4.88 Å². The van der Waals surface area contributed by atoms with Gasteiger partial charge in [-0.2, -0.15) is 0 Å². The Morgan fingerprint density at radius 3 is 3.06 bits per heavy atom. The van der Waals surface area contributed by atoms with Crippen LogP contribution in [-0.2, 0) is 0 Å². The van der Waals surface area contributed by atoms with Crippen molar-refractivity contribution in [3.05, 3.63) is 35.2 Å². The molecule has 94 valence electrons. The van der Waals surface area contributed by atoms with E-state index in [0.717, 1.165) is 36.2 Å². The van der Waals surface area contributed by atoms with E-state index in [2.05, 4.69) is 16.7 Å². The first-order valence-electron chi connectivity index (χ1n) is 6.33. The molecule has 3 rings (SSSR count). The Balaban J connectivity index is 1.74. The second kappa shape index (κ2) is 5.08. The summed E-state index contributed by atoms with van der Waals surface area (Å²) in [5.74, 6) is 0.0601. The van der Waals surface area contributed by atoms with Gasteiger partial charge in [0.25, 0.3) is 5.91 Å². The fourth-order valence-electron chi connectivity index (χ4n) is 2.33. The molecule has 2 aromatic rings. The first-order chi connectivity index (χ1) is 8.83. The zero-order chi connectivity index (χ0) is 12.4. The van der Waals surface area contributed by atoms with Gasteiger partial charge >= 0.3 is 0 Å². The third-order valence-electron chi connectivity index (χ3n) is 3.28. The van der Waals surface area contributed by atoms with Gasteiger partial charge in [-0.25, -0.2) is 0 Å². The number of rotatable bonds is 2. The fourth-order valence-corrected chi connectivity index (χ4v) is 3.29. The number of fused-ring (bicyclic) bond motifs is 1. The van der Waals surface area contributed by atoms with Gasteiger partial charge in [-0.15, -0.1) is 11.3 Å². The lowest BCUT2D eigenvalue weighted by Gasteiger charge is -2.23. The van der Waals surface area contributed by atoms with Crippen molar-refractivity contribution >= 4 is 27.3 Å². The van der Waals surface area contributed by atoms with E-state index >= 15 is 0 Å². The molecule has 0 radical (unpaired) electrons. The Morgan fingerprint density at radius 2 is 2.28 bits per heavy atom. The van der Waals surface area contributed by atoms with E-state index < -0.39 is 0 Å². The van der Waals surface area contributed by atoms with Crippen molar-refractivity contribution in [2.45, 2.75) is 18.9 Å². The molecule has 1 aromatic heterocycles. The van der Waals surface area contributed by atoms with Crippen LogP contribution in [0.3, 0.4) is 0 Å². The van der Waals surface area contributed by atoms with Gasteiger partial charge in [0, 0.05) is 17.3 Å². The highest BCUT2D eigenvalue weighted by molar-refractivity contribution is 7.20. The van der Waals surface area contributed by atoms with Crippen LogP contribution in [0.25, 0.3) is 10.1 Å². The van der Waals surface area contributed by atoms with Crippen LogP contribution in [0.1, 0.15) is 22.5 Å². The van der Waals surface area contributed by atoms with Crippen LogP contribution in [0.2, 0.25) is 0 Å². The zero-order valence-electron chi connectivity index (χ0n) is 10.1. The molecule has 1 aromatic carbocycles. The number of nitrogens with one attached hydrogen (secondary N) is 2. The molecule has 2 heterocycles. The molecular weight excluding hydrogens is 244 g/mol. The van der Waals surface area contributed by atoms with E-state index in [1.54, 1.807) is 11.3 Å². The molecule has 1 atom stereocenters. The average Bonchev–Trinajstić information content (AvgIpc) is 2.84. The number of amides is 1. The average molecular weight is 260 g/mol. The van der Waals surface area contributed by atoms with Gasteiger partial charge in [-0.05, 0) is 36.9 Å². The van der Waals surface area contributed by atoms with Crippen molar-refractivity contribution in [1.82, 2.24) is 10.6 Å². The highest BCUT2D eigenvalue weighted by Gasteiger charge is 2.17.